The largest absolute Gasteiger partial charge is 0.469 e. The number of nitrogens with zero attached hydrogens (tertiary/aromatic N) is 1. The van der Waals surface area contributed by atoms with Crippen LogP contribution in [0.2, 0.25) is 0 Å². The molecular formula is C8H16N2O4. The minimum Gasteiger partial charge on any atom is -0.469 e. The van der Waals surface area contributed by atoms with Crippen LogP contribution >= 0.6 is 0 Å². The second-order valence-electron chi connectivity index (χ2n) is 2.40. The van der Waals surface area contributed by atoms with E-state index in [0.29, 0.717) is 6.61 Å². The molecule has 0 aliphatic rings. The third-order valence-electron chi connectivity index (χ3n) is 1.53. The lowest BCUT2D eigenvalue weighted by molar-refractivity contribution is -0.140. The number of rotatable bonds is 5. The number of methoxy groups -OCH3 is 1. The van der Waals surface area contributed by atoms with Gasteiger partial charge in [0.1, 0.15) is 0 Å². The van der Waals surface area contributed by atoms with Gasteiger partial charge in [-0.3, -0.25) is 4.79 Å². The Bertz CT molecular complexity index is 196. The Morgan fingerprint density at radius 2 is 2.07 bits per heavy atom. The fraction of sp³-hybridized carbons (Fsp3) is 0.750. The fourth-order valence-corrected chi connectivity index (χ4v) is 0.801. The van der Waals surface area contributed by atoms with Crippen molar-refractivity contribution in [3.05, 3.63) is 0 Å². The van der Waals surface area contributed by atoms with Crippen molar-refractivity contribution in [1.29, 1.82) is 0 Å². The van der Waals surface area contributed by atoms with Gasteiger partial charge in [-0.25, -0.2) is 15.2 Å². The summed E-state index contributed by atoms with van der Waals surface area (Å²) in [6.45, 7) is 2.24. The van der Waals surface area contributed by atoms with E-state index in [1.807, 2.05) is 0 Å². The van der Waals surface area contributed by atoms with Crippen molar-refractivity contribution in [2.75, 3.05) is 27.3 Å². The highest BCUT2D eigenvalue weighted by Crippen LogP contribution is 1.93. The number of amides is 1. The van der Waals surface area contributed by atoms with Crippen LogP contribution < -0.4 is 5.43 Å². The molecular weight excluding hydrogens is 188 g/mol. The average Bonchev–Trinajstić information content (AvgIpc) is 2.18. The zero-order valence-electron chi connectivity index (χ0n) is 8.70. The monoisotopic (exact) mass is 204 g/mol. The second kappa shape index (κ2) is 7.14. The molecule has 14 heavy (non-hydrogen) atoms. The highest BCUT2D eigenvalue weighted by molar-refractivity contribution is 5.71. The van der Waals surface area contributed by atoms with Gasteiger partial charge in [-0.15, -0.1) is 0 Å². The van der Waals surface area contributed by atoms with Crippen molar-refractivity contribution >= 4 is 12.1 Å². The first kappa shape index (κ1) is 12.7. The zero-order valence-corrected chi connectivity index (χ0v) is 8.70. The molecule has 0 unspecified atom stereocenters. The molecule has 82 valence electrons. The highest BCUT2D eigenvalue weighted by atomic mass is 16.6. The van der Waals surface area contributed by atoms with Gasteiger partial charge in [0.2, 0.25) is 0 Å². The van der Waals surface area contributed by atoms with E-state index in [1.165, 1.54) is 12.1 Å². The van der Waals surface area contributed by atoms with Crippen molar-refractivity contribution in [2.24, 2.45) is 0 Å². The minimum atomic E-state index is -0.501. The summed E-state index contributed by atoms with van der Waals surface area (Å²) in [4.78, 5) is 21.9. The normalized spacial score (nSPS) is 9.36. The van der Waals surface area contributed by atoms with Crippen LogP contribution in [0.4, 0.5) is 4.79 Å². The lowest BCUT2D eigenvalue weighted by Gasteiger charge is -2.19. The Balaban J connectivity index is 3.90. The Morgan fingerprint density at radius 3 is 2.50 bits per heavy atom. The Hall–Kier alpha value is -1.30. The van der Waals surface area contributed by atoms with Gasteiger partial charge in [0.05, 0.1) is 26.7 Å². The quantitative estimate of drug-likeness (QED) is 0.509. The summed E-state index contributed by atoms with van der Waals surface area (Å²) in [5.41, 5.74) is 2.62. The van der Waals surface area contributed by atoms with Crippen LogP contribution in [0.3, 0.4) is 0 Å². The van der Waals surface area contributed by atoms with Crippen LogP contribution in [0.15, 0.2) is 0 Å². The van der Waals surface area contributed by atoms with E-state index in [4.69, 9.17) is 4.74 Å². The predicted molar refractivity (Wildman–Crippen MR) is 49.4 cm³/mol. The summed E-state index contributed by atoms with van der Waals surface area (Å²) in [6.07, 6.45) is -0.366. The van der Waals surface area contributed by atoms with E-state index in [9.17, 15) is 9.59 Å². The zero-order chi connectivity index (χ0) is 11.0. The minimum absolute atomic E-state index is 0.135. The van der Waals surface area contributed by atoms with Gasteiger partial charge in [-0.05, 0) is 6.92 Å². The van der Waals surface area contributed by atoms with Gasteiger partial charge in [0, 0.05) is 7.05 Å². The first-order valence-corrected chi connectivity index (χ1v) is 4.34. The number of esters is 1. The highest BCUT2D eigenvalue weighted by Gasteiger charge is 2.13. The summed E-state index contributed by atoms with van der Waals surface area (Å²) in [6, 6.07) is 0. The number of hydrogen-bond donors (Lipinski definition) is 1. The molecule has 0 heterocycles. The van der Waals surface area contributed by atoms with Gasteiger partial charge in [0.25, 0.3) is 0 Å². The molecule has 0 aromatic heterocycles. The predicted octanol–water partition coefficient (Wildman–Crippen LogP) is 0.142. The first-order valence-electron chi connectivity index (χ1n) is 4.34. The Morgan fingerprint density at radius 1 is 1.43 bits per heavy atom. The molecule has 0 atom stereocenters. The van der Waals surface area contributed by atoms with Gasteiger partial charge >= 0.3 is 12.1 Å². The molecule has 6 nitrogen and oxygen atoms in total. The topological polar surface area (TPSA) is 67.9 Å². The summed E-state index contributed by atoms with van der Waals surface area (Å²) in [5.74, 6) is -0.366. The first-order chi connectivity index (χ1) is 6.65. The Labute approximate surface area is 83.1 Å². The van der Waals surface area contributed by atoms with Crippen LogP contribution in [0.25, 0.3) is 0 Å². The van der Waals surface area contributed by atoms with Gasteiger partial charge in [-0.1, -0.05) is 0 Å². The second-order valence-corrected chi connectivity index (χ2v) is 2.40. The molecule has 6 heteroatoms. The molecule has 0 saturated carbocycles. The van der Waals surface area contributed by atoms with Crippen molar-refractivity contribution in [3.63, 3.8) is 0 Å². The summed E-state index contributed by atoms with van der Waals surface area (Å²) >= 11 is 0. The van der Waals surface area contributed by atoms with Crippen molar-refractivity contribution in [1.82, 2.24) is 10.4 Å². The summed E-state index contributed by atoms with van der Waals surface area (Å²) < 4.78 is 9.17. The van der Waals surface area contributed by atoms with Crippen LogP contribution in [-0.2, 0) is 14.3 Å². The number of carbonyl (C=O) groups excluding carboxylic acids is 2. The Kier molecular flexibility index (Phi) is 6.47. The van der Waals surface area contributed by atoms with E-state index in [1.54, 1.807) is 14.0 Å². The molecule has 0 fully saturated rings. The lowest BCUT2D eigenvalue weighted by atomic mass is 10.4. The maximum atomic E-state index is 11.2. The number of ether oxygens (including phenoxy) is 2. The summed E-state index contributed by atoms with van der Waals surface area (Å²) in [7, 11) is 2.88. The third-order valence-corrected chi connectivity index (χ3v) is 1.53. The van der Waals surface area contributed by atoms with Crippen LogP contribution in [0.1, 0.15) is 13.3 Å². The standard InChI is InChI=1S/C8H16N2O4/c1-4-14-8(12)10(9-2)6-5-7(11)13-3/h9H,4-6H2,1-3H3. The van der Waals surface area contributed by atoms with Crippen molar-refractivity contribution in [2.45, 2.75) is 13.3 Å². The third kappa shape index (κ3) is 4.66. The van der Waals surface area contributed by atoms with E-state index >= 15 is 0 Å². The maximum Gasteiger partial charge on any atom is 0.424 e. The lowest BCUT2D eigenvalue weighted by Crippen LogP contribution is -2.42. The fourth-order valence-electron chi connectivity index (χ4n) is 0.801. The SMILES string of the molecule is CCOC(=O)N(CCC(=O)OC)NC. The van der Waals surface area contributed by atoms with Gasteiger partial charge < -0.3 is 9.47 Å². The number of nitrogens with one attached hydrogen (secondary N) is 1. The number of hydrogen-bond acceptors (Lipinski definition) is 5. The van der Waals surface area contributed by atoms with E-state index in [-0.39, 0.29) is 18.9 Å². The van der Waals surface area contributed by atoms with E-state index in [2.05, 4.69) is 10.2 Å². The van der Waals surface area contributed by atoms with Crippen molar-refractivity contribution < 1.29 is 19.1 Å². The maximum absolute atomic E-state index is 11.2. The van der Waals surface area contributed by atoms with Crippen LogP contribution in [0.5, 0.6) is 0 Å². The number of hydrazine groups is 1. The molecule has 0 aromatic carbocycles. The van der Waals surface area contributed by atoms with Crippen LogP contribution in [-0.4, -0.2) is 44.4 Å². The van der Waals surface area contributed by atoms with Crippen molar-refractivity contribution in [3.8, 4) is 0 Å². The molecule has 0 aromatic rings. The molecule has 1 N–H and O–H groups in total. The number of carbonyl (C=O) groups is 2. The molecule has 0 aliphatic carbocycles. The molecule has 0 spiro atoms. The molecule has 1 amide bonds. The smallest absolute Gasteiger partial charge is 0.424 e. The van der Waals surface area contributed by atoms with Gasteiger partial charge in [0.15, 0.2) is 0 Å². The van der Waals surface area contributed by atoms with Crippen LogP contribution in [0, 0.1) is 0 Å². The molecule has 0 rings (SSSR count). The average molecular weight is 204 g/mol. The molecule has 0 saturated heterocycles. The van der Waals surface area contributed by atoms with Gasteiger partial charge in [-0.2, -0.15) is 0 Å². The van der Waals surface area contributed by atoms with E-state index in [0.717, 1.165) is 0 Å². The molecule has 0 radical (unpaired) electrons. The summed E-state index contributed by atoms with van der Waals surface area (Å²) in [5, 5.41) is 1.21. The molecule has 0 aliphatic heterocycles. The molecule has 0 bridgehead atoms. The van der Waals surface area contributed by atoms with E-state index < -0.39 is 6.09 Å².